The van der Waals surface area contributed by atoms with Crippen molar-refractivity contribution in [1.82, 2.24) is 9.80 Å². The molecule has 1 saturated carbocycles. The Labute approximate surface area is 216 Å². The minimum absolute atomic E-state index is 0.0161. The van der Waals surface area contributed by atoms with Gasteiger partial charge in [-0.15, -0.1) is 0 Å². The standard InChI is InChI=1S/C29H34N2O6/c1-28(10-11-28)29(2)14-21(9-12-31(29)27(34)35)26-36-17-22-13-20(7-8-24(22)37-26)18-3-5-19(6-4-18)25(33)30-15-23(32)16-30/h3-8,13,21,23,26,32H,9-12,14-17H2,1-2H3,(H,34,35). The number of nitrogens with zero attached hydrogens (tertiary/aromatic N) is 2. The Morgan fingerprint density at radius 2 is 1.73 bits per heavy atom. The van der Waals surface area contributed by atoms with Gasteiger partial charge in [0.15, 0.2) is 0 Å². The van der Waals surface area contributed by atoms with Crippen molar-refractivity contribution in [3.05, 3.63) is 53.6 Å². The zero-order valence-corrected chi connectivity index (χ0v) is 21.4. The number of hydrogen-bond acceptors (Lipinski definition) is 5. The third kappa shape index (κ3) is 4.16. The molecule has 1 aliphatic carbocycles. The number of rotatable bonds is 4. The third-order valence-electron chi connectivity index (χ3n) is 9.22. The monoisotopic (exact) mass is 506 g/mol. The van der Waals surface area contributed by atoms with Crippen molar-refractivity contribution in [2.24, 2.45) is 11.3 Å². The third-order valence-corrected chi connectivity index (χ3v) is 9.22. The Morgan fingerprint density at radius 1 is 1.03 bits per heavy atom. The van der Waals surface area contributed by atoms with E-state index in [1.54, 1.807) is 9.80 Å². The van der Waals surface area contributed by atoms with Crippen LogP contribution in [0.3, 0.4) is 0 Å². The van der Waals surface area contributed by atoms with E-state index in [4.69, 9.17) is 9.47 Å². The predicted octanol–water partition coefficient (Wildman–Crippen LogP) is 4.35. The fourth-order valence-electron chi connectivity index (χ4n) is 6.26. The number of carbonyl (C=O) groups is 2. The van der Waals surface area contributed by atoms with Gasteiger partial charge in [-0.25, -0.2) is 4.79 Å². The summed E-state index contributed by atoms with van der Waals surface area (Å²) in [5, 5.41) is 19.3. The number of carboxylic acid groups (broad SMARTS) is 1. The Bertz CT molecular complexity index is 1220. The zero-order chi connectivity index (χ0) is 25.9. The maximum Gasteiger partial charge on any atom is 0.407 e. The molecule has 0 spiro atoms. The molecule has 0 bridgehead atoms. The van der Waals surface area contributed by atoms with Crippen LogP contribution < -0.4 is 4.74 Å². The molecule has 3 atom stereocenters. The van der Waals surface area contributed by atoms with Gasteiger partial charge in [0, 0.05) is 42.2 Å². The van der Waals surface area contributed by atoms with Crippen molar-refractivity contribution in [3.8, 4) is 16.9 Å². The van der Waals surface area contributed by atoms with Crippen LogP contribution >= 0.6 is 0 Å². The minimum atomic E-state index is -0.839. The second-order valence-corrected chi connectivity index (χ2v) is 11.6. The number of benzene rings is 2. The minimum Gasteiger partial charge on any atom is -0.465 e. The van der Waals surface area contributed by atoms with Crippen molar-refractivity contribution in [3.63, 3.8) is 0 Å². The summed E-state index contributed by atoms with van der Waals surface area (Å²) in [7, 11) is 0. The molecule has 3 unspecified atom stereocenters. The molecule has 3 aliphatic heterocycles. The number of hydrogen-bond donors (Lipinski definition) is 2. The number of piperidine rings is 1. The highest BCUT2D eigenvalue weighted by Crippen LogP contribution is 2.60. The topological polar surface area (TPSA) is 99.5 Å². The van der Waals surface area contributed by atoms with E-state index in [0.717, 1.165) is 48.1 Å². The molecule has 2 aromatic rings. The molecule has 37 heavy (non-hydrogen) atoms. The van der Waals surface area contributed by atoms with E-state index in [1.165, 1.54) is 0 Å². The van der Waals surface area contributed by atoms with Gasteiger partial charge in [0.25, 0.3) is 5.91 Å². The summed E-state index contributed by atoms with van der Waals surface area (Å²) in [6.07, 6.45) is 1.91. The molecule has 6 rings (SSSR count). The van der Waals surface area contributed by atoms with Crippen LogP contribution in [0.4, 0.5) is 4.79 Å². The van der Waals surface area contributed by atoms with Crippen LogP contribution in [0.15, 0.2) is 42.5 Å². The molecule has 4 aliphatic rings. The Morgan fingerprint density at radius 3 is 2.38 bits per heavy atom. The number of fused-ring (bicyclic) bond motifs is 1. The molecule has 8 heteroatoms. The molecular formula is C29H34N2O6. The maximum atomic E-state index is 12.5. The highest BCUT2D eigenvalue weighted by molar-refractivity contribution is 5.95. The summed E-state index contributed by atoms with van der Waals surface area (Å²) in [5.74, 6) is 0.877. The molecule has 196 valence electrons. The molecular weight excluding hydrogens is 472 g/mol. The summed E-state index contributed by atoms with van der Waals surface area (Å²) in [6.45, 7) is 6.01. The first kappa shape index (κ1) is 24.2. The average molecular weight is 507 g/mol. The van der Waals surface area contributed by atoms with E-state index >= 15 is 0 Å². The lowest BCUT2D eigenvalue weighted by Gasteiger charge is -2.51. The fraction of sp³-hybridized carbons (Fsp3) is 0.517. The Balaban J connectivity index is 1.14. The van der Waals surface area contributed by atoms with E-state index in [-0.39, 0.29) is 23.5 Å². The van der Waals surface area contributed by atoms with Gasteiger partial charge < -0.3 is 29.5 Å². The number of likely N-dealkylation sites (tertiary alicyclic amines) is 2. The van der Waals surface area contributed by atoms with Crippen LogP contribution in [0.2, 0.25) is 0 Å². The van der Waals surface area contributed by atoms with E-state index in [1.807, 2.05) is 36.4 Å². The largest absolute Gasteiger partial charge is 0.465 e. The van der Waals surface area contributed by atoms with E-state index in [2.05, 4.69) is 19.9 Å². The molecule has 2 saturated heterocycles. The lowest BCUT2D eigenvalue weighted by atomic mass is 9.71. The second-order valence-electron chi connectivity index (χ2n) is 11.6. The van der Waals surface area contributed by atoms with Gasteiger partial charge >= 0.3 is 6.09 Å². The number of carbonyl (C=O) groups excluding carboxylic acids is 1. The van der Waals surface area contributed by atoms with Crippen LogP contribution in [0.5, 0.6) is 5.75 Å². The van der Waals surface area contributed by atoms with Crippen LogP contribution in [-0.4, -0.2) is 69.6 Å². The molecule has 2 aromatic carbocycles. The van der Waals surface area contributed by atoms with E-state index in [9.17, 15) is 19.8 Å². The van der Waals surface area contributed by atoms with Crippen molar-refractivity contribution >= 4 is 12.0 Å². The van der Waals surface area contributed by atoms with E-state index in [0.29, 0.717) is 31.8 Å². The lowest BCUT2D eigenvalue weighted by Crippen LogP contribution is -2.60. The predicted molar refractivity (Wildman–Crippen MR) is 136 cm³/mol. The fourth-order valence-corrected chi connectivity index (χ4v) is 6.26. The van der Waals surface area contributed by atoms with Gasteiger partial charge in [-0.3, -0.25) is 4.79 Å². The van der Waals surface area contributed by atoms with Crippen LogP contribution in [0.1, 0.15) is 55.5 Å². The summed E-state index contributed by atoms with van der Waals surface area (Å²) in [6, 6.07) is 13.6. The number of ether oxygens (including phenoxy) is 2. The molecule has 8 nitrogen and oxygen atoms in total. The van der Waals surface area contributed by atoms with Crippen molar-refractivity contribution in [1.29, 1.82) is 0 Å². The molecule has 0 aromatic heterocycles. The molecule has 2 N–H and O–H groups in total. The number of aliphatic hydroxyl groups excluding tert-OH is 1. The highest BCUT2D eigenvalue weighted by Gasteiger charge is 2.60. The van der Waals surface area contributed by atoms with Gasteiger partial charge in [0.2, 0.25) is 6.29 Å². The van der Waals surface area contributed by atoms with Gasteiger partial charge in [-0.05, 0) is 73.4 Å². The van der Waals surface area contributed by atoms with Gasteiger partial charge in [0.1, 0.15) is 5.75 Å². The van der Waals surface area contributed by atoms with Crippen molar-refractivity contribution < 1.29 is 29.3 Å². The molecule has 3 fully saturated rings. The Kier molecular flexibility index (Phi) is 5.73. The van der Waals surface area contributed by atoms with Crippen LogP contribution in [0, 0.1) is 11.3 Å². The Hall–Kier alpha value is -3.10. The summed E-state index contributed by atoms with van der Waals surface area (Å²) < 4.78 is 12.5. The number of β-amino-alcohol motifs (C(OH)–C–C–N with tert-alkyl or cyclic N) is 1. The SMILES string of the molecule is CC1(C2(C)CC(C3OCc4cc(-c5ccc(C(=O)N6CC(O)C6)cc5)ccc4O3)CCN2C(=O)O)CC1. The summed E-state index contributed by atoms with van der Waals surface area (Å²) >= 11 is 0. The summed E-state index contributed by atoms with van der Waals surface area (Å²) in [5.41, 5.74) is 3.21. The van der Waals surface area contributed by atoms with Crippen molar-refractivity contribution in [2.75, 3.05) is 19.6 Å². The number of aliphatic hydroxyl groups is 1. The molecule has 2 amide bonds. The van der Waals surface area contributed by atoms with Crippen LogP contribution in [-0.2, 0) is 11.3 Å². The smallest absolute Gasteiger partial charge is 0.407 e. The normalized spacial score (nSPS) is 28.6. The van der Waals surface area contributed by atoms with E-state index < -0.39 is 17.7 Å². The van der Waals surface area contributed by atoms with Gasteiger partial charge in [-0.1, -0.05) is 25.1 Å². The van der Waals surface area contributed by atoms with Crippen molar-refractivity contribution in [2.45, 2.75) is 64.1 Å². The number of amides is 2. The quantitative estimate of drug-likeness (QED) is 0.640. The molecule has 3 heterocycles. The molecule has 0 radical (unpaired) electrons. The van der Waals surface area contributed by atoms with Gasteiger partial charge in [-0.2, -0.15) is 0 Å². The maximum absolute atomic E-state index is 12.5. The van der Waals surface area contributed by atoms with Gasteiger partial charge in [0.05, 0.1) is 12.7 Å². The lowest BCUT2D eigenvalue weighted by molar-refractivity contribution is -0.163. The zero-order valence-electron chi connectivity index (χ0n) is 21.4. The average Bonchev–Trinajstić information content (AvgIpc) is 3.64. The van der Waals surface area contributed by atoms with Crippen LogP contribution in [0.25, 0.3) is 11.1 Å². The first-order valence-corrected chi connectivity index (χ1v) is 13.2. The highest BCUT2D eigenvalue weighted by atomic mass is 16.7. The first-order chi connectivity index (χ1) is 17.7. The second kappa shape index (κ2) is 8.74. The summed E-state index contributed by atoms with van der Waals surface area (Å²) in [4.78, 5) is 27.7. The first-order valence-electron chi connectivity index (χ1n) is 13.2.